The van der Waals surface area contributed by atoms with Gasteiger partial charge in [0.15, 0.2) is 0 Å². The lowest BCUT2D eigenvalue weighted by Crippen LogP contribution is -2.51. The van der Waals surface area contributed by atoms with Gasteiger partial charge in [-0.3, -0.25) is 9.59 Å². The highest BCUT2D eigenvalue weighted by molar-refractivity contribution is 5.95. The molecule has 2 saturated heterocycles. The van der Waals surface area contributed by atoms with Crippen molar-refractivity contribution in [2.75, 3.05) is 26.2 Å². The summed E-state index contributed by atoms with van der Waals surface area (Å²) in [5.74, 6) is 0.0563. The summed E-state index contributed by atoms with van der Waals surface area (Å²) in [5, 5.41) is 6.49. The molecular weight excluding hydrogens is 350 g/mol. The predicted octanol–water partition coefficient (Wildman–Crippen LogP) is 2.45. The molecule has 26 heavy (non-hydrogen) atoms. The normalized spacial score (nSPS) is 23.1. The van der Waals surface area contributed by atoms with Crippen molar-refractivity contribution in [1.82, 2.24) is 15.5 Å². The van der Waals surface area contributed by atoms with Crippen LogP contribution < -0.4 is 10.6 Å². The van der Waals surface area contributed by atoms with E-state index in [9.17, 15) is 9.59 Å². The highest BCUT2D eigenvalue weighted by Crippen LogP contribution is 2.20. The molecule has 2 aliphatic rings. The van der Waals surface area contributed by atoms with E-state index >= 15 is 0 Å². The average Bonchev–Trinajstić information content (AvgIpc) is 2.61. The summed E-state index contributed by atoms with van der Waals surface area (Å²) in [7, 11) is 0. The Hall–Kier alpha value is -1.59. The SMILES string of the molecule is Cc1cc(C)cc(C(=O)N2CCCC(C(=O)N[C@H]3CCCNC3)C2)c1.Cl. The van der Waals surface area contributed by atoms with Gasteiger partial charge in [-0.2, -0.15) is 0 Å². The monoisotopic (exact) mass is 379 g/mol. The van der Waals surface area contributed by atoms with Crippen molar-refractivity contribution in [3.8, 4) is 0 Å². The third-order valence-corrected chi connectivity index (χ3v) is 5.19. The van der Waals surface area contributed by atoms with E-state index in [2.05, 4.69) is 16.7 Å². The minimum absolute atomic E-state index is 0. The highest BCUT2D eigenvalue weighted by Gasteiger charge is 2.30. The van der Waals surface area contributed by atoms with Gasteiger partial charge in [0, 0.05) is 31.2 Å². The lowest BCUT2D eigenvalue weighted by Gasteiger charge is -2.33. The number of hydrogen-bond donors (Lipinski definition) is 2. The zero-order valence-electron chi connectivity index (χ0n) is 15.7. The maximum Gasteiger partial charge on any atom is 0.253 e. The van der Waals surface area contributed by atoms with Gasteiger partial charge in [0.25, 0.3) is 5.91 Å². The quantitative estimate of drug-likeness (QED) is 0.848. The number of nitrogens with one attached hydrogen (secondary N) is 2. The highest BCUT2D eigenvalue weighted by atomic mass is 35.5. The van der Waals surface area contributed by atoms with Crippen molar-refractivity contribution < 1.29 is 9.59 Å². The van der Waals surface area contributed by atoms with Crippen molar-refractivity contribution in [2.45, 2.75) is 45.6 Å². The summed E-state index contributed by atoms with van der Waals surface area (Å²) >= 11 is 0. The molecule has 1 aromatic carbocycles. The second-order valence-electron chi connectivity index (χ2n) is 7.52. The van der Waals surface area contributed by atoms with Crippen molar-refractivity contribution >= 4 is 24.2 Å². The molecule has 2 N–H and O–H groups in total. The van der Waals surface area contributed by atoms with Crippen LogP contribution in [0.4, 0.5) is 0 Å². The van der Waals surface area contributed by atoms with Crippen LogP contribution in [0.25, 0.3) is 0 Å². The van der Waals surface area contributed by atoms with Gasteiger partial charge in [-0.15, -0.1) is 12.4 Å². The molecule has 2 aliphatic heterocycles. The fraction of sp³-hybridized carbons (Fsp3) is 0.600. The lowest BCUT2D eigenvalue weighted by atomic mass is 9.95. The molecule has 2 amide bonds. The first kappa shape index (κ1) is 20.7. The molecule has 6 heteroatoms. The summed E-state index contributed by atoms with van der Waals surface area (Å²) in [5.41, 5.74) is 2.92. The first-order chi connectivity index (χ1) is 12.0. The number of carbonyl (C=O) groups excluding carboxylic acids is 2. The Morgan fingerprint density at radius 3 is 2.50 bits per heavy atom. The second kappa shape index (κ2) is 9.38. The van der Waals surface area contributed by atoms with Crippen LogP contribution in [0, 0.1) is 19.8 Å². The number of rotatable bonds is 3. The van der Waals surface area contributed by atoms with Crippen LogP contribution in [0.2, 0.25) is 0 Å². The van der Waals surface area contributed by atoms with Crippen LogP contribution in [-0.4, -0.2) is 48.9 Å². The molecule has 144 valence electrons. The van der Waals surface area contributed by atoms with Crippen LogP contribution in [0.1, 0.15) is 47.2 Å². The smallest absolute Gasteiger partial charge is 0.253 e. The van der Waals surface area contributed by atoms with Crippen LogP contribution >= 0.6 is 12.4 Å². The molecule has 0 radical (unpaired) electrons. The lowest BCUT2D eigenvalue weighted by molar-refractivity contribution is -0.127. The maximum atomic E-state index is 12.8. The van der Waals surface area contributed by atoms with Crippen LogP contribution in [0.15, 0.2) is 18.2 Å². The minimum atomic E-state index is -0.0921. The predicted molar refractivity (Wildman–Crippen MR) is 106 cm³/mol. The van der Waals surface area contributed by atoms with Crippen LogP contribution in [0.5, 0.6) is 0 Å². The number of halogens is 1. The largest absolute Gasteiger partial charge is 0.352 e. The number of aryl methyl sites for hydroxylation is 2. The van der Waals surface area contributed by atoms with E-state index in [0.29, 0.717) is 6.54 Å². The van der Waals surface area contributed by atoms with E-state index in [1.54, 1.807) is 0 Å². The molecule has 2 heterocycles. The number of carbonyl (C=O) groups is 2. The summed E-state index contributed by atoms with van der Waals surface area (Å²) in [6, 6.07) is 6.17. The van der Waals surface area contributed by atoms with Gasteiger partial charge < -0.3 is 15.5 Å². The molecule has 1 unspecified atom stereocenters. The van der Waals surface area contributed by atoms with Gasteiger partial charge in [0.05, 0.1) is 5.92 Å². The zero-order valence-corrected chi connectivity index (χ0v) is 16.5. The molecular formula is C20H30ClN3O2. The first-order valence-electron chi connectivity index (χ1n) is 9.41. The molecule has 0 aliphatic carbocycles. The number of nitrogens with zero attached hydrogens (tertiary/aromatic N) is 1. The Labute approximate surface area is 162 Å². The number of amides is 2. The van der Waals surface area contributed by atoms with E-state index in [-0.39, 0.29) is 36.2 Å². The fourth-order valence-corrected chi connectivity index (χ4v) is 3.95. The Kier molecular flexibility index (Phi) is 7.47. The molecule has 1 aromatic rings. The Morgan fingerprint density at radius 1 is 1.12 bits per heavy atom. The van der Waals surface area contributed by atoms with Gasteiger partial charge in [-0.1, -0.05) is 17.2 Å². The van der Waals surface area contributed by atoms with Crippen molar-refractivity contribution in [3.05, 3.63) is 34.9 Å². The minimum Gasteiger partial charge on any atom is -0.352 e. The Bertz CT molecular complexity index is 624. The van der Waals surface area contributed by atoms with E-state index in [1.165, 1.54) is 0 Å². The van der Waals surface area contributed by atoms with Gasteiger partial charge >= 0.3 is 0 Å². The zero-order chi connectivity index (χ0) is 17.8. The Balaban J connectivity index is 0.00000243. The van der Waals surface area contributed by atoms with E-state index in [0.717, 1.165) is 62.0 Å². The molecule has 3 rings (SSSR count). The van der Waals surface area contributed by atoms with Gasteiger partial charge in [0.2, 0.25) is 5.91 Å². The molecule has 2 atom stereocenters. The van der Waals surface area contributed by atoms with Gasteiger partial charge in [-0.05, 0) is 58.2 Å². The molecule has 2 fully saturated rings. The number of likely N-dealkylation sites (tertiary alicyclic amines) is 1. The first-order valence-corrected chi connectivity index (χ1v) is 9.41. The van der Waals surface area contributed by atoms with Gasteiger partial charge in [0.1, 0.15) is 0 Å². The molecule has 5 nitrogen and oxygen atoms in total. The standard InChI is InChI=1S/C20H29N3O2.ClH/c1-14-9-15(2)11-17(10-14)20(25)23-8-4-5-16(13-23)19(24)22-18-6-3-7-21-12-18;/h9-11,16,18,21H,3-8,12-13H2,1-2H3,(H,22,24);1H/t16?,18-;/m0./s1. The summed E-state index contributed by atoms with van der Waals surface area (Å²) < 4.78 is 0. The van der Waals surface area contributed by atoms with Crippen LogP contribution in [-0.2, 0) is 4.79 Å². The third kappa shape index (κ3) is 5.21. The summed E-state index contributed by atoms with van der Waals surface area (Å²) in [6.07, 6.45) is 3.89. The molecule has 0 aromatic heterocycles. The number of piperidine rings is 2. The number of hydrogen-bond acceptors (Lipinski definition) is 3. The molecule has 0 saturated carbocycles. The third-order valence-electron chi connectivity index (χ3n) is 5.19. The van der Waals surface area contributed by atoms with E-state index in [1.807, 2.05) is 30.9 Å². The molecule has 0 bridgehead atoms. The second-order valence-corrected chi connectivity index (χ2v) is 7.52. The fourth-order valence-electron chi connectivity index (χ4n) is 3.95. The summed E-state index contributed by atoms with van der Waals surface area (Å²) in [4.78, 5) is 27.3. The topological polar surface area (TPSA) is 61.4 Å². The Morgan fingerprint density at radius 2 is 1.85 bits per heavy atom. The van der Waals surface area contributed by atoms with E-state index < -0.39 is 0 Å². The number of benzene rings is 1. The molecule has 0 spiro atoms. The van der Waals surface area contributed by atoms with E-state index in [4.69, 9.17) is 0 Å². The van der Waals surface area contributed by atoms with Crippen molar-refractivity contribution in [2.24, 2.45) is 5.92 Å². The van der Waals surface area contributed by atoms with Crippen LogP contribution in [0.3, 0.4) is 0 Å². The average molecular weight is 380 g/mol. The van der Waals surface area contributed by atoms with Crippen molar-refractivity contribution in [3.63, 3.8) is 0 Å². The van der Waals surface area contributed by atoms with Gasteiger partial charge in [-0.25, -0.2) is 0 Å². The maximum absolute atomic E-state index is 12.8. The summed E-state index contributed by atoms with van der Waals surface area (Å²) in [6.45, 7) is 7.17. The van der Waals surface area contributed by atoms with Crippen molar-refractivity contribution in [1.29, 1.82) is 0 Å².